The molecule has 2 fully saturated rings. The van der Waals surface area contributed by atoms with E-state index in [0.29, 0.717) is 19.1 Å². The highest BCUT2D eigenvalue weighted by Gasteiger charge is 2.30. The predicted molar refractivity (Wildman–Crippen MR) is 84.2 cm³/mol. The summed E-state index contributed by atoms with van der Waals surface area (Å²) in [5, 5.41) is 12.7. The number of likely N-dealkylation sites (tertiary alicyclic amines) is 1. The van der Waals surface area contributed by atoms with Gasteiger partial charge in [0, 0.05) is 44.2 Å². The minimum Gasteiger partial charge on any atom is -0.393 e. The Bertz CT molecular complexity index is 340. The standard InChI is InChI=1S/C16H31N3O2/c1-12(2)19(15-6-7-15)10-8-17-16(21)18-9-4-5-14(11-18)13(3)20/h12-15,20H,4-11H2,1-3H3,(H,17,21). The molecule has 1 saturated heterocycles. The van der Waals surface area contributed by atoms with E-state index in [4.69, 9.17) is 0 Å². The van der Waals surface area contributed by atoms with Gasteiger partial charge in [0.05, 0.1) is 6.10 Å². The third kappa shape index (κ3) is 4.85. The third-order valence-corrected chi connectivity index (χ3v) is 4.75. The number of rotatable bonds is 6. The van der Waals surface area contributed by atoms with Gasteiger partial charge in [-0.15, -0.1) is 0 Å². The molecule has 0 aromatic carbocycles. The monoisotopic (exact) mass is 297 g/mol. The van der Waals surface area contributed by atoms with Crippen LogP contribution in [0.25, 0.3) is 0 Å². The van der Waals surface area contributed by atoms with Crippen LogP contribution >= 0.6 is 0 Å². The summed E-state index contributed by atoms with van der Waals surface area (Å²) < 4.78 is 0. The van der Waals surface area contributed by atoms with E-state index < -0.39 is 0 Å². The molecule has 1 saturated carbocycles. The van der Waals surface area contributed by atoms with E-state index in [-0.39, 0.29) is 18.1 Å². The summed E-state index contributed by atoms with van der Waals surface area (Å²) >= 11 is 0. The Morgan fingerprint density at radius 1 is 1.33 bits per heavy atom. The van der Waals surface area contributed by atoms with Crippen LogP contribution < -0.4 is 5.32 Å². The van der Waals surface area contributed by atoms with Gasteiger partial charge >= 0.3 is 6.03 Å². The van der Waals surface area contributed by atoms with Gasteiger partial charge in [0.2, 0.25) is 0 Å². The van der Waals surface area contributed by atoms with Gasteiger partial charge in [-0.1, -0.05) is 0 Å². The van der Waals surface area contributed by atoms with E-state index in [1.54, 1.807) is 0 Å². The Kier molecular flexibility index (Phi) is 5.88. The highest BCUT2D eigenvalue weighted by Crippen LogP contribution is 2.28. The van der Waals surface area contributed by atoms with Crippen molar-refractivity contribution in [3.8, 4) is 0 Å². The van der Waals surface area contributed by atoms with Gasteiger partial charge in [-0.3, -0.25) is 4.90 Å². The maximum Gasteiger partial charge on any atom is 0.317 e. The summed E-state index contributed by atoms with van der Waals surface area (Å²) in [5.74, 6) is 0.225. The third-order valence-electron chi connectivity index (χ3n) is 4.75. The normalized spacial score (nSPS) is 24.5. The van der Waals surface area contributed by atoms with Crippen LogP contribution in [0, 0.1) is 5.92 Å². The molecule has 5 nitrogen and oxygen atoms in total. The van der Waals surface area contributed by atoms with Crippen LogP contribution in [0.2, 0.25) is 0 Å². The van der Waals surface area contributed by atoms with Crippen LogP contribution in [-0.2, 0) is 0 Å². The molecule has 2 atom stereocenters. The molecule has 0 radical (unpaired) electrons. The van der Waals surface area contributed by atoms with Crippen LogP contribution in [0.1, 0.15) is 46.5 Å². The van der Waals surface area contributed by atoms with E-state index >= 15 is 0 Å². The zero-order valence-corrected chi connectivity index (χ0v) is 13.7. The van der Waals surface area contributed by atoms with E-state index in [2.05, 4.69) is 24.1 Å². The molecule has 2 unspecified atom stereocenters. The molecule has 0 bridgehead atoms. The smallest absolute Gasteiger partial charge is 0.317 e. The molecule has 21 heavy (non-hydrogen) atoms. The van der Waals surface area contributed by atoms with Crippen LogP contribution in [-0.4, -0.2) is 65.3 Å². The summed E-state index contributed by atoms with van der Waals surface area (Å²) in [7, 11) is 0. The zero-order valence-electron chi connectivity index (χ0n) is 13.7. The number of piperidine rings is 1. The molecule has 2 amide bonds. The molecule has 0 spiro atoms. The van der Waals surface area contributed by atoms with Crippen molar-refractivity contribution in [2.24, 2.45) is 5.92 Å². The fourth-order valence-electron chi connectivity index (χ4n) is 3.26. The summed E-state index contributed by atoms with van der Waals surface area (Å²) in [5.41, 5.74) is 0. The molecule has 0 aromatic heterocycles. The molecule has 2 N–H and O–H groups in total. The van der Waals surface area contributed by atoms with Gasteiger partial charge in [0.15, 0.2) is 0 Å². The lowest BCUT2D eigenvalue weighted by atomic mass is 9.94. The highest BCUT2D eigenvalue weighted by molar-refractivity contribution is 5.74. The average molecular weight is 297 g/mol. The molecule has 2 aliphatic rings. The molecule has 122 valence electrons. The number of aliphatic hydroxyl groups is 1. The first-order chi connectivity index (χ1) is 9.99. The van der Waals surface area contributed by atoms with Crippen molar-refractivity contribution in [2.45, 2.75) is 64.6 Å². The number of nitrogens with zero attached hydrogens (tertiary/aromatic N) is 2. The molecule has 1 aliphatic heterocycles. The second-order valence-corrected chi connectivity index (χ2v) is 6.88. The van der Waals surface area contributed by atoms with Gasteiger partial charge in [-0.2, -0.15) is 0 Å². The van der Waals surface area contributed by atoms with Crippen LogP contribution in [0.3, 0.4) is 0 Å². The SMILES string of the molecule is CC(O)C1CCCN(C(=O)NCCN(C(C)C)C2CC2)C1. The number of hydrogen-bond acceptors (Lipinski definition) is 3. The van der Waals surface area contributed by atoms with Crippen LogP contribution in [0.4, 0.5) is 4.79 Å². The predicted octanol–water partition coefficient (Wildman–Crippen LogP) is 1.66. The second kappa shape index (κ2) is 7.45. The van der Waals surface area contributed by atoms with Crippen molar-refractivity contribution >= 4 is 6.03 Å². The molecule has 5 heteroatoms. The maximum absolute atomic E-state index is 12.2. The fraction of sp³-hybridized carbons (Fsp3) is 0.938. The van der Waals surface area contributed by atoms with Crippen LogP contribution in [0.5, 0.6) is 0 Å². The van der Waals surface area contributed by atoms with Crippen molar-refractivity contribution in [3.63, 3.8) is 0 Å². The lowest BCUT2D eigenvalue weighted by Gasteiger charge is -2.34. The first-order valence-corrected chi connectivity index (χ1v) is 8.45. The fourth-order valence-corrected chi connectivity index (χ4v) is 3.26. The number of urea groups is 1. The largest absolute Gasteiger partial charge is 0.393 e. The minimum atomic E-state index is -0.327. The lowest BCUT2D eigenvalue weighted by Crippen LogP contribution is -2.49. The van der Waals surface area contributed by atoms with Crippen molar-refractivity contribution < 1.29 is 9.90 Å². The number of nitrogens with one attached hydrogen (secondary N) is 1. The first-order valence-electron chi connectivity index (χ1n) is 8.45. The zero-order chi connectivity index (χ0) is 15.4. The quantitative estimate of drug-likeness (QED) is 0.784. The maximum atomic E-state index is 12.2. The molecule has 0 aromatic rings. The Hall–Kier alpha value is -0.810. The molecule has 1 heterocycles. The van der Waals surface area contributed by atoms with E-state index in [1.165, 1.54) is 12.8 Å². The lowest BCUT2D eigenvalue weighted by molar-refractivity contribution is 0.0736. The van der Waals surface area contributed by atoms with Gasteiger partial charge in [-0.05, 0) is 46.5 Å². The Balaban J connectivity index is 1.71. The van der Waals surface area contributed by atoms with Gasteiger partial charge in [-0.25, -0.2) is 4.79 Å². The van der Waals surface area contributed by atoms with E-state index in [0.717, 1.165) is 32.0 Å². The average Bonchev–Trinajstić information content (AvgIpc) is 3.27. The molecule has 2 rings (SSSR count). The number of carbonyl (C=O) groups is 1. The Morgan fingerprint density at radius 2 is 2.05 bits per heavy atom. The van der Waals surface area contributed by atoms with Crippen molar-refractivity contribution in [3.05, 3.63) is 0 Å². The molecule has 1 aliphatic carbocycles. The Labute approximate surface area is 128 Å². The van der Waals surface area contributed by atoms with Crippen molar-refractivity contribution in [1.82, 2.24) is 15.1 Å². The topological polar surface area (TPSA) is 55.8 Å². The number of aliphatic hydroxyl groups excluding tert-OH is 1. The summed E-state index contributed by atoms with van der Waals surface area (Å²) in [6, 6.07) is 1.31. The van der Waals surface area contributed by atoms with Crippen LogP contribution in [0.15, 0.2) is 0 Å². The van der Waals surface area contributed by atoms with E-state index in [1.807, 2.05) is 11.8 Å². The summed E-state index contributed by atoms with van der Waals surface area (Å²) in [6.07, 6.45) is 4.28. The number of amides is 2. The second-order valence-electron chi connectivity index (χ2n) is 6.88. The van der Waals surface area contributed by atoms with Gasteiger partial charge in [0.25, 0.3) is 0 Å². The summed E-state index contributed by atoms with van der Waals surface area (Å²) in [4.78, 5) is 16.6. The number of carbonyl (C=O) groups excluding carboxylic acids is 1. The van der Waals surface area contributed by atoms with Gasteiger partial charge < -0.3 is 15.3 Å². The van der Waals surface area contributed by atoms with Crippen molar-refractivity contribution in [1.29, 1.82) is 0 Å². The first kappa shape index (κ1) is 16.6. The van der Waals surface area contributed by atoms with E-state index in [9.17, 15) is 9.90 Å². The summed E-state index contributed by atoms with van der Waals surface area (Å²) in [6.45, 7) is 9.40. The number of hydrogen-bond donors (Lipinski definition) is 2. The van der Waals surface area contributed by atoms with Gasteiger partial charge in [0.1, 0.15) is 0 Å². The Morgan fingerprint density at radius 3 is 2.62 bits per heavy atom. The molecular formula is C16H31N3O2. The molecular weight excluding hydrogens is 266 g/mol. The minimum absolute atomic E-state index is 0.0276. The van der Waals surface area contributed by atoms with Crippen molar-refractivity contribution in [2.75, 3.05) is 26.2 Å². The highest BCUT2D eigenvalue weighted by atomic mass is 16.3.